The third-order valence-corrected chi connectivity index (χ3v) is 4.64. The van der Waals surface area contributed by atoms with Crippen LogP contribution < -0.4 is 11.1 Å². The van der Waals surface area contributed by atoms with Gasteiger partial charge in [-0.25, -0.2) is 4.39 Å². The van der Waals surface area contributed by atoms with Crippen molar-refractivity contribution in [1.82, 2.24) is 5.32 Å². The summed E-state index contributed by atoms with van der Waals surface area (Å²) in [6, 6.07) is 6.60. The van der Waals surface area contributed by atoms with Crippen LogP contribution in [0.5, 0.6) is 0 Å². The van der Waals surface area contributed by atoms with Gasteiger partial charge in [-0.2, -0.15) is 0 Å². The molecule has 1 aromatic carbocycles. The van der Waals surface area contributed by atoms with Crippen molar-refractivity contribution in [2.24, 2.45) is 11.1 Å². The summed E-state index contributed by atoms with van der Waals surface area (Å²) in [5.41, 5.74) is 5.72. The van der Waals surface area contributed by atoms with Crippen LogP contribution in [-0.4, -0.2) is 17.4 Å². The summed E-state index contributed by atoms with van der Waals surface area (Å²) in [5.74, 6) is -0.348. The van der Waals surface area contributed by atoms with E-state index in [2.05, 4.69) is 5.32 Å². The number of nitrogens with one attached hydrogen (secondary N) is 1. The van der Waals surface area contributed by atoms with Gasteiger partial charge in [0, 0.05) is 6.54 Å². The Bertz CT molecular complexity index is 527. The van der Waals surface area contributed by atoms with Crippen LogP contribution in [0.2, 0.25) is 0 Å². The highest BCUT2D eigenvalue weighted by Gasteiger charge is 2.42. The van der Waals surface area contributed by atoms with Crippen LogP contribution in [0.4, 0.5) is 4.39 Å². The van der Waals surface area contributed by atoms with E-state index >= 15 is 0 Å². The van der Waals surface area contributed by atoms with Crippen LogP contribution in [0, 0.1) is 11.2 Å². The van der Waals surface area contributed by atoms with E-state index in [0.717, 1.165) is 19.3 Å². The molecule has 1 saturated carbocycles. The lowest BCUT2D eigenvalue weighted by Gasteiger charge is -2.34. The van der Waals surface area contributed by atoms with Crippen molar-refractivity contribution in [1.29, 1.82) is 0 Å². The summed E-state index contributed by atoms with van der Waals surface area (Å²) in [7, 11) is 0. The smallest absolute Gasteiger partial charge is 0.233 e. The second-order valence-corrected chi connectivity index (χ2v) is 6.04. The van der Waals surface area contributed by atoms with Crippen LogP contribution >= 0.6 is 12.2 Å². The minimum Gasteiger partial charge on any atom is -0.392 e. The third-order valence-electron chi connectivity index (χ3n) is 4.25. The lowest BCUT2D eigenvalue weighted by atomic mass is 9.73. The fourth-order valence-corrected chi connectivity index (χ4v) is 3.22. The van der Waals surface area contributed by atoms with E-state index in [1.807, 2.05) is 0 Å². The van der Waals surface area contributed by atoms with Gasteiger partial charge in [0.25, 0.3) is 0 Å². The first-order chi connectivity index (χ1) is 10.1. The Kier molecular flexibility index (Phi) is 5.28. The highest BCUT2D eigenvalue weighted by molar-refractivity contribution is 7.80. The molecule has 21 heavy (non-hydrogen) atoms. The molecule has 1 aliphatic carbocycles. The summed E-state index contributed by atoms with van der Waals surface area (Å²) in [6.45, 7) is 0.393. The molecular weight excluding hydrogens is 287 g/mol. The second kappa shape index (κ2) is 6.98. The van der Waals surface area contributed by atoms with Crippen molar-refractivity contribution in [2.75, 3.05) is 6.54 Å². The van der Waals surface area contributed by atoms with E-state index in [1.165, 1.54) is 6.07 Å². The van der Waals surface area contributed by atoms with Gasteiger partial charge in [-0.1, -0.05) is 49.7 Å². The predicted molar refractivity (Wildman–Crippen MR) is 85.4 cm³/mol. The summed E-state index contributed by atoms with van der Waals surface area (Å²) in [4.78, 5) is 12.7. The van der Waals surface area contributed by atoms with Crippen molar-refractivity contribution in [3.63, 3.8) is 0 Å². The molecule has 1 aromatic rings. The third kappa shape index (κ3) is 3.59. The van der Waals surface area contributed by atoms with E-state index in [4.69, 9.17) is 18.0 Å². The van der Waals surface area contributed by atoms with Crippen LogP contribution in [0.25, 0.3) is 0 Å². The Morgan fingerprint density at radius 2 is 1.95 bits per heavy atom. The lowest BCUT2D eigenvalue weighted by molar-refractivity contribution is -0.128. The molecule has 1 aliphatic rings. The average Bonchev–Trinajstić information content (AvgIpc) is 2.49. The van der Waals surface area contributed by atoms with Crippen LogP contribution in [0.3, 0.4) is 0 Å². The summed E-state index contributed by atoms with van der Waals surface area (Å²) in [5, 5.41) is 2.88. The average molecular weight is 308 g/mol. The summed E-state index contributed by atoms with van der Waals surface area (Å²) in [6.07, 6.45) is 4.95. The number of carbonyl (C=O) groups is 1. The van der Waals surface area contributed by atoms with E-state index in [0.29, 0.717) is 31.4 Å². The molecule has 0 bridgehead atoms. The quantitative estimate of drug-likeness (QED) is 0.822. The van der Waals surface area contributed by atoms with Gasteiger partial charge < -0.3 is 11.1 Å². The van der Waals surface area contributed by atoms with Gasteiger partial charge in [-0.05, 0) is 30.9 Å². The first-order valence-electron chi connectivity index (χ1n) is 7.38. The highest BCUT2D eigenvalue weighted by atomic mass is 32.1. The van der Waals surface area contributed by atoms with Gasteiger partial charge in [-0.3, -0.25) is 4.79 Å². The van der Waals surface area contributed by atoms with Crippen molar-refractivity contribution in [2.45, 2.75) is 38.5 Å². The first kappa shape index (κ1) is 15.9. The van der Waals surface area contributed by atoms with Crippen LogP contribution in [-0.2, 0) is 11.2 Å². The highest BCUT2D eigenvalue weighted by Crippen LogP contribution is 2.36. The summed E-state index contributed by atoms with van der Waals surface area (Å²) >= 11 is 5.13. The van der Waals surface area contributed by atoms with Crippen molar-refractivity contribution >= 4 is 23.1 Å². The monoisotopic (exact) mass is 308 g/mol. The standard InChI is InChI=1S/C16H21FN2OS/c17-13-7-3-2-6-12(13)8-11-19-15(20)16(14(18)21)9-4-1-5-10-16/h2-3,6-7H,1,4-5,8-11H2,(H2,18,21)(H,19,20). The number of rotatable bonds is 5. The molecular formula is C16H21FN2OS. The maximum atomic E-state index is 13.5. The molecule has 0 atom stereocenters. The van der Waals surface area contributed by atoms with E-state index in [1.54, 1.807) is 18.2 Å². The molecule has 0 heterocycles. The van der Waals surface area contributed by atoms with E-state index in [-0.39, 0.29) is 16.7 Å². The number of thiocarbonyl (C=S) groups is 1. The van der Waals surface area contributed by atoms with Crippen molar-refractivity contribution < 1.29 is 9.18 Å². The minimum atomic E-state index is -0.706. The van der Waals surface area contributed by atoms with Gasteiger partial charge in [0.05, 0.1) is 10.4 Å². The van der Waals surface area contributed by atoms with Crippen LogP contribution in [0.15, 0.2) is 24.3 Å². The number of benzene rings is 1. The molecule has 2 rings (SSSR count). The Labute approximate surface area is 130 Å². The molecule has 1 fully saturated rings. The number of hydrogen-bond donors (Lipinski definition) is 2. The SMILES string of the molecule is NC(=S)C1(C(=O)NCCc2ccccc2F)CCCCC1. The molecule has 0 aliphatic heterocycles. The zero-order valence-corrected chi connectivity index (χ0v) is 12.8. The largest absolute Gasteiger partial charge is 0.392 e. The van der Waals surface area contributed by atoms with Gasteiger partial charge in [0.15, 0.2) is 0 Å². The molecule has 3 N–H and O–H groups in total. The Morgan fingerprint density at radius 1 is 1.29 bits per heavy atom. The molecule has 0 radical (unpaired) electrons. The number of carbonyl (C=O) groups excluding carboxylic acids is 1. The van der Waals surface area contributed by atoms with Crippen molar-refractivity contribution in [3.8, 4) is 0 Å². The van der Waals surface area contributed by atoms with E-state index < -0.39 is 5.41 Å². The number of amides is 1. The van der Waals surface area contributed by atoms with Gasteiger partial charge >= 0.3 is 0 Å². The number of halogens is 1. The lowest BCUT2D eigenvalue weighted by Crippen LogP contribution is -2.50. The Hall–Kier alpha value is -1.49. The van der Waals surface area contributed by atoms with Gasteiger partial charge in [0.1, 0.15) is 5.82 Å². The zero-order valence-electron chi connectivity index (χ0n) is 12.0. The van der Waals surface area contributed by atoms with Gasteiger partial charge in [-0.15, -0.1) is 0 Å². The Morgan fingerprint density at radius 3 is 2.57 bits per heavy atom. The first-order valence-corrected chi connectivity index (χ1v) is 7.79. The van der Waals surface area contributed by atoms with Crippen molar-refractivity contribution in [3.05, 3.63) is 35.6 Å². The zero-order chi connectivity index (χ0) is 15.3. The molecule has 1 amide bonds. The predicted octanol–water partition coefficient (Wildman–Crippen LogP) is 2.72. The number of nitrogens with two attached hydrogens (primary N) is 1. The molecule has 5 heteroatoms. The normalized spacial score (nSPS) is 17.2. The molecule has 0 saturated heterocycles. The minimum absolute atomic E-state index is 0.106. The fourth-order valence-electron chi connectivity index (χ4n) is 2.92. The van der Waals surface area contributed by atoms with E-state index in [9.17, 15) is 9.18 Å². The summed E-state index contributed by atoms with van der Waals surface area (Å²) < 4.78 is 13.5. The van der Waals surface area contributed by atoms with Gasteiger partial charge in [0.2, 0.25) is 5.91 Å². The molecule has 0 unspecified atom stereocenters. The fraction of sp³-hybridized carbons (Fsp3) is 0.500. The van der Waals surface area contributed by atoms with Crippen LogP contribution in [0.1, 0.15) is 37.7 Å². The Balaban J connectivity index is 1.94. The second-order valence-electron chi connectivity index (χ2n) is 5.60. The molecule has 0 spiro atoms. The molecule has 3 nitrogen and oxygen atoms in total. The molecule has 0 aromatic heterocycles. The topological polar surface area (TPSA) is 55.1 Å². The maximum Gasteiger partial charge on any atom is 0.233 e. The number of hydrogen-bond acceptors (Lipinski definition) is 2. The molecule has 114 valence electrons. The maximum absolute atomic E-state index is 13.5.